The van der Waals surface area contributed by atoms with Gasteiger partial charge in [-0.1, -0.05) is 23.8 Å². The number of hydrogen-bond donors (Lipinski definition) is 1. The van der Waals surface area contributed by atoms with Crippen molar-refractivity contribution in [3.63, 3.8) is 0 Å². The first-order valence-corrected chi connectivity index (χ1v) is 10.1. The molecule has 4 rings (SSSR count). The smallest absolute Gasteiger partial charge is 0.338 e. The molecule has 0 aliphatic heterocycles. The molecule has 3 aromatic heterocycles. The van der Waals surface area contributed by atoms with E-state index in [1.165, 1.54) is 11.3 Å². The average Bonchev–Trinajstić information content (AvgIpc) is 3.31. The third kappa shape index (κ3) is 3.43. The van der Waals surface area contributed by atoms with Crippen molar-refractivity contribution in [1.29, 1.82) is 0 Å². The van der Waals surface area contributed by atoms with Gasteiger partial charge in [-0.2, -0.15) is 0 Å². The zero-order valence-corrected chi connectivity index (χ0v) is 16.3. The van der Waals surface area contributed by atoms with Gasteiger partial charge in [0.25, 0.3) is 5.56 Å². The van der Waals surface area contributed by atoms with Crippen molar-refractivity contribution in [2.24, 2.45) is 0 Å². The zero-order valence-electron chi connectivity index (χ0n) is 14.7. The second kappa shape index (κ2) is 7.09. The Kier molecular flexibility index (Phi) is 4.63. The Morgan fingerprint density at radius 1 is 1.22 bits per heavy atom. The lowest BCUT2D eigenvalue weighted by Crippen LogP contribution is -2.17. The predicted molar refractivity (Wildman–Crippen MR) is 109 cm³/mol. The second-order valence-electron chi connectivity index (χ2n) is 6.18. The first-order chi connectivity index (χ1) is 13.0. The number of esters is 1. The summed E-state index contributed by atoms with van der Waals surface area (Å²) in [6.07, 6.45) is -0.664. The van der Waals surface area contributed by atoms with E-state index in [0.29, 0.717) is 21.6 Å². The van der Waals surface area contributed by atoms with Crippen LogP contribution >= 0.6 is 22.7 Å². The van der Waals surface area contributed by atoms with E-state index in [-0.39, 0.29) is 5.56 Å². The summed E-state index contributed by atoms with van der Waals surface area (Å²) in [5.74, 6) is -0.104. The summed E-state index contributed by atoms with van der Waals surface area (Å²) < 4.78 is 5.50. The number of carbonyl (C=O) groups is 1. The molecule has 4 aromatic rings. The fraction of sp³-hybridized carbons (Fsp3) is 0.150. The van der Waals surface area contributed by atoms with Gasteiger partial charge in [-0.15, -0.1) is 22.7 Å². The molecule has 1 N–H and O–H groups in total. The van der Waals surface area contributed by atoms with Crippen molar-refractivity contribution < 1.29 is 9.53 Å². The maximum atomic E-state index is 12.7. The minimum atomic E-state index is -0.664. The Bertz CT molecular complexity index is 1180. The predicted octanol–water partition coefficient (Wildman–Crippen LogP) is 4.94. The quantitative estimate of drug-likeness (QED) is 0.496. The van der Waals surface area contributed by atoms with Gasteiger partial charge < -0.3 is 9.72 Å². The van der Waals surface area contributed by atoms with Crippen LogP contribution < -0.4 is 5.56 Å². The van der Waals surface area contributed by atoms with Crippen LogP contribution in [0.3, 0.4) is 0 Å². The summed E-state index contributed by atoms with van der Waals surface area (Å²) in [7, 11) is 0. The summed E-state index contributed by atoms with van der Waals surface area (Å²) in [6, 6.07) is 11.1. The molecule has 136 valence electrons. The minimum Gasteiger partial charge on any atom is -0.451 e. The van der Waals surface area contributed by atoms with Gasteiger partial charge in [0.15, 0.2) is 11.9 Å². The van der Waals surface area contributed by atoms with E-state index in [4.69, 9.17) is 4.74 Å². The van der Waals surface area contributed by atoms with Gasteiger partial charge in [0.1, 0.15) is 4.83 Å². The maximum Gasteiger partial charge on any atom is 0.338 e. The van der Waals surface area contributed by atoms with Gasteiger partial charge in [0, 0.05) is 15.8 Å². The van der Waals surface area contributed by atoms with E-state index in [1.807, 2.05) is 35.9 Å². The normalized spacial score (nSPS) is 12.2. The number of hydrogen-bond acceptors (Lipinski definition) is 6. The van der Waals surface area contributed by atoms with E-state index in [2.05, 4.69) is 9.97 Å². The number of thiophene rings is 2. The highest BCUT2D eigenvalue weighted by atomic mass is 32.1. The number of fused-ring (bicyclic) bond motifs is 1. The van der Waals surface area contributed by atoms with Crippen LogP contribution in [0.2, 0.25) is 0 Å². The fourth-order valence-corrected chi connectivity index (χ4v) is 4.60. The molecule has 0 spiro atoms. The summed E-state index contributed by atoms with van der Waals surface area (Å²) >= 11 is 2.99. The molecular formula is C20H16N2O3S2. The highest BCUT2D eigenvalue weighted by molar-refractivity contribution is 7.18. The minimum absolute atomic E-state index is 0.224. The Hall–Kier alpha value is -2.77. The molecule has 0 saturated heterocycles. The number of nitrogens with one attached hydrogen (secondary N) is 1. The topological polar surface area (TPSA) is 72.0 Å². The number of carbonyl (C=O) groups excluding carboxylic acids is 1. The molecular weight excluding hydrogens is 380 g/mol. The average molecular weight is 396 g/mol. The van der Waals surface area contributed by atoms with Crippen LogP contribution in [0.1, 0.15) is 34.8 Å². The first-order valence-electron chi connectivity index (χ1n) is 8.36. The second-order valence-corrected chi connectivity index (χ2v) is 7.98. The van der Waals surface area contributed by atoms with Gasteiger partial charge in [0.2, 0.25) is 0 Å². The molecule has 3 heterocycles. The molecule has 0 aliphatic carbocycles. The van der Waals surface area contributed by atoms with Crippen LogP contribution in [0.25, 0.3) is 20.7 Å². The van der Waals surface area contributed by atoms with Crippen molar-refractivity contribution in [2.45, 2.75) is 20.0 Å². The van der Waals surface area contributed by atoms with Crippen LogP contribution in [0, 0.1) is 6.92 Å². The number of nitrogens with zero attached hydrogens (tertiary/aromatic N) is 1. The van der Waals surface area contributed by atoms with Crippen LogP contribution in [0.4, 0.5) is 0 Å². The Labute approximate surface area is 163 Å². The lowest BCUT2D eigenvalue weighted by atomic mass is 10.1. The zero-order chi connectivity index (χ0) is 19.0. The van der Waals surface area contributed by atoms with Crippen molar-refractivity contribution >= 4 is 38.9 Å². The van der Waals surface area contributed by atoms with Crippen LogP contribution in [-0.2, 0) is 4.74 Å². The molecule has 0 fully saturated rings. The van der Waals surface area contributed by atoms with Gasteiger partial charge in [-0.3, -0.25) is 4.79 Å². The fourth-order valence-electron chi connectivity index (χ4n) is 2.83. The van der Waals surface area contributed by atoms with E-state index in [1.54, 1.807) is 36.5 Å². The SMILES string of the molecule is Cc1cccc(C(=O)O[C@H](C)c2nc3scc(-c4cccs4)c3c(=O)[nH]2)c1. The number of aromatic nitrogens is 2. The van der Waals surface area contributed by atoms with Crippen molar-refractivity contribution in [2.75, 3.05) is 0 Å². The molecule has 5 nitrogen and oxygen atoms in total. The lowest BCUT2D eigenvalue weighted by Gasteiger charge is -2.13. The molecule has 0 unspecified atom stereocenters. The number of rotatable bonds is 4. The Balaban J connectivity index is 1.64. The molecule has 1 aromatic carbocycles. The number of H-pyrrole nitrogens is 1. The largest absolute Gasteiger partial charge is 0.451 e. The number of aromatic amines is 1. The van der Waals surface area contributed by atoms with Crippen LogP contribution in [0.15, 0.2) is 52.0 Å². The van der Waals surface area contributed by atoms with Crippen LogP contribution in [-0.4, -0.2) is 15.9 Å². The molecule has 0 aliphatic rings. The summed E-state index contributed by atoms with van der Waals surface area (Å²) in [5.41, 5.74) is 2.11. The summed E-state index contributed by atoms with van der Waals surface area (Å²) in [4.78, 5) is 34.0. The molecule has 27 heavy (non-hydrogen) atoms. The van der Waals surface area contributed by atoms with Gasteiger partial charge in [-0.25, -0.2) is 9.78 Å². The van der Waals surface area contributed by atoms with E-state index in [0.717, 1.165) is 16.0 Å². The number of ether oxygens (including phenoxy) is 1. The van der Waals surface area contributed by atoms with Crippen molar-refractivity contribution in [1.82, 2.24) is 9.97 Å². The third-order valence-corrected chi connectivity index (χ3v) is 5.95. The standard InChI is InChI=1S/C20H16N2O3S2/c1-11-5-3-6-13(9-11)20(24)25-12(2)17-21-18(23)16-14(10-27-19(16)22-17)15-7-4-8-26-15/h3-10,12H,1-2H3,(H,21,22,23)/t12-/m1/s1. The lowest BCUT2D eigenvalue weighted by molar-refractivity contribution is 0.0320. The van der Waals surface area contributed by atoms with Gasteiger partial charge in [-0.05, 0) is 37.4 Å². The molecule has 0 bridgehead atoms. The molecule has 1 atom stereocenters. The van der Waals surface area contributed by atoms with E-state index in [9.17, 15) is 9.59 Å². The highest BCUT2D eigenvalue weighted by Gasteiger charge is 2.19. The van der Waals surface area contributed by atoms with E-state index < -0.39 is 12.1 Å². The Morgan fingerprint density at radius 2 is 2.07 bits per heavy atom. The summed E-state index contributed by atoms with van der Waals surface area (Å²) in [5, 5.41) is 4.48. The molecule has 0 radical (unpaired) electrons. The molecule has 0 amide bonds. The number of benzene rings is 1. The maximum absolute atomic E-state index is 12.7. The van der Waals surface area contributed by atoms with Crippen molar-refractivity contribution in [3.8, 4) is 10.4 Å². The Morgan fingerprint density at radius 3 is 2.81 bits per heavy atom. The van der Waals surface area contributed by atoms with Crippen molar-refractivity contribution in [3.05, 3.63) is 74.5 Å². The first kappa shape index (κ1) is 17.6. The highest BCUT2D eigenvalue weighted by Crippen LogP contribution is 2.33. The number of aryl methyl sites for hydroxylation is 1. The monoisotopic (exact) mass is 396 g/mol. The third-order valence-electron chi connectivity index (χ3n) is 4.17. The molecule has 0 saturated carbocycles. The van der Waals surface area contributed by atoms with E-state index >= 15 is 0 Å². The summed E-state index contributed by atoms with van der Waals surface area (Å²) in [6.45, 7) is 3.61. The molecule has 7 heteroatoms. The van der Waals surface area contributed by atoms with Gasteiger partial charge >= 0.3 is 5.97 Å². The van der Waals surface area contributed by atoms with Gasteiger partial charge in [0.05, 0.1) is 10.9 Å². The van der Waals surface area contributed by atoms with Crippen LogP contribution in [0.5, 0.6) is 0 Å².